The fourth-order valence-electron chi connectivity index (χ4n) is 1.06. The maximum Gasteiger partial charge on any atom is 0.113 e. The van der Waals surface area contributed by atoms with Gasteiger partial charge in [0, 0.05) is 5.56 Å². The summed E-state index contributed by atoms with van der Waals surface area (Å²) < 4.78 is 8.31. The van der Waals surface area contributed by atoms with Crippen molar-refractivity contribution in [1.82, 2.24) is 8.75 Å². The summed E-state index contributed by atoms with van der Waals surface area (Å²) in [4.78, 5) is 0. The smallest absolute Gasteiger partial charge is 0.113 e. The minimum atomic E-state index is 0.781. The van der Waals surface area contributed by atoms with Gasteiger partial charge in [0.1, 0.15) is 17.6 Å². The molecule has 56 valence electrons. The van der Waals surface area contributed by atoms with Crippen LogP contribution in [-0.2, 0) is 6.54 Å². The second-order valence-corrected chi connectivity index (χ2v) is 2.83. The Labute approximate surface area is 68.2 Å². The zero-order chi connectivity index (χ0) is 7.68. The summed E-state index contributed by atoms with van der Waals surface area (Å²) in [6.45, 7) is 0.781. The van der Waals surface area contributed by atoms with Crippen LogP contribution in [-0.4, -0.2) is 8.75 Å². The Kier molecular flexibility index (Phi) is 1.56. The summed E-state index contributed by atoms with van der Waals surface area (Å²) in [7, 11) is 0. The van der Waals surface area contributed by atoms with E-state index < -0.39 is 0 Å². The van der Waals surface area contributed by atoms with Crippen LogP contribution >= 0.6 is 11.7 Å². The van der Waals surface area contributed by atoms with Gasteiger partial charge in [-0.05, 0) is 6.07 Å². The van der Waals surface area contributed by atoms with E-state index in [0.29, 0.717) is 0 Å². The van der Waals surface area contributed by atoms with Gasteiger partial charge in [-0.1, -0.05) is 12.1 Å². The molecule has 0 fully saturated rings. The van der Waals surface area contributed by atoms with Crippen molar-refractivity contribution in [2.75, 3.05) is 0 Å². The van der Waals surface area contributed by atoms with Crippen molar-refractivity contribution < 1.29 is 5.73 Å². The molecule has 2 rings (SSSR count). The van der Waals surface area contributed by atoms with Gasteiger partial charge in [0.2, 0.25) is 0 Å². The number of hydrogen-bond acceptors (Lipinski definition) is 3. The second kappa shape index (κ2) is 2.56. The van der Waals surface area contributed by atoms with E-state index in [1.54, 1.807) is 0 Å². The fourth-order valence-corrected chi connectivity index (χ4v) is 1.63. The van der Waals surface area contributed by atoms with Crippen LogP contribution in [0.1, 0.15) is 5.56 Å². The van der Waals surface area contributed by atoms with Crippen LogP contribution < -0.4 is 5.73 Å². The normalized spacial score (nSPS) is 10.6. The number of benzene rings is 1. The standard InChI is InChI=1S/C7H7N3S/c8-4-5-2-1-3-6-7(5)10-11-9-6/h1-3H,4,8H2/p+1. The average Bonchev–Trinajstić information content (AvgIpc) is 2.50. The lowest BCUT2D eigenvalue weighted by Gasteiger charge is -1.91. The molecule has 1 aromatic heterocycles. The lowest BCUT2D eigenvalue weighted by atomic mass is 10.2. The molecular formula is C7H8N3S+. The van der Waals surface area contributed by atoms with Crippen molar-refractivity contribution in [3.8, 4) is 0 Å². The Balaban J connectivity index is 2.79. The zero-order valence-corrected chi connectivity index (χ0v) is 6.77. The molecule has 0 aliphatic carbocycles. The molecule has 0 saturated carbocycles. The highest BCUT2D eigenvalue weighted by molar-refractivity contribution is 7.00. The number of fused-ring (bicyclic) bond motifs is 1. The Morgan fingerprint density at radius 1 is 1.36 bits per heavy atom. The molecule has 3 N–H and O–H groups in total. The van der Waals surface area contributed by atoms with Crippen LogP contribution in [0.2, 0.25) is 0 Å². The molecular weight excluding hydrogens is 158 g/mol. The summed E-state index contributed by atoms with van der Waals surface area (Å²) in [5.41, 5.74) is 6.99. The largest absolute Gasteiger partial charge is 0.354 e. The first-order chi connectivity index (χ1) is 5.42. The van der Waals surface area contributed by atoms with Crippen molar-refractivity contribution in [3.05, 3.63) is 23.8 Å². The lowest BCUT2D eigenvalue weighted by Crippen LogP contribution is -2.47. The predicted octanol–water partition coefficient (Wildman–Crippen LogP) is 0.433. The minimum Gasteiger partial charge on any atom is -0.354 e. The highest BCUT2D eigenvalue weighted by Gasteiger charge is 2.02. The molecule has 0 saturated heterocycles. The number of quaternary nitrogens is 1. The molecule has 0 spiro atoms. The first-order valence-corrected chi connectivity index (χ1v) is 4.14. The summed E-state index contributed by atoms with van der Waals surface area (Å²) in [5, 5.41) is 0. The second-order valence-electron chi connectivity index (χ2n) is 2.30. The minimum absolute atomic E-state index is 0.781. The van der Waals surface area contributed by atoms with E-state index >= 15 is 0 Å². The highest BCUT2D eigenvalue weighted by atomic mass is 32.1. The molecule has 11 heavy (non-hydrogen) atoms. The monoisotopic (exact) mass is 166 g/mol. The van der Waals surface area contributed by atoms with Gasteiger partial charge >= 0.3 is 0 Å². The third-order valence-electron chi connectivity index (χ3n) is 1.64. The van der Waals surface area contributed by atoms with Crippen LogP contribution in [0.3, 0.4) is 0 Å². The zero-order valence-electron chi connectivity index (χ0n) is 5.95. The molecule has 0 radical (unpaired) electrons. The number of hydrogen-bond donors (Lipinski definition) is 1. The van der Waals surface area contributed by atoms with Crippen molar-refractivity contribution in [2.45, 2.75) is 6.54 Å². The highest BCUT2D eigenvalue weighted by Crippen LogP contribution is 2.14. The van der Waals surface area contributed by atoms with Gasteiger partial charge in [0.05, 0.1) is 11.7 Å². The molecule has 1 aromatic carbocycles. The molecule has 1 heterocycles. The van der Waals surface area contributed by atoms with Crippen LogP contribution in [0, 0.1) is 0 Å². The van der Waals surface area contributed by atoms with Gasteiger partial charge in [-0.15, -0.1) is 0 Å². The van der Waals surface area contributed by atoms with Crippen LogP contribution in [0.25, 0.3) is 11.0 Å². The first kappa shape index (κ1) is 6.69. The van der Waals surface area contributed by atoms with Crippen LogP contribution in [0.15, 0.2) is 18.2 Å². The molecule has 0 unspecified atom stereocenters. The third-order valence-corrected chi connectivity index (χ3v) is 2.18. The third kappa shape index (κ3) is 1.00. The topological polar surface area (TPSA) is 53.4 Å². The molecule has 0 aliphatic heterocycles. The summed E-state index contributed by atoms with van der Waals surface area (Å²) in [6.07, 6.45) is 0. The molecule has 3 nitrogen and oxygen atoms in total. The molecule has 2 aromatic rings. The van der Waals surface area contributed by atoms with E-state index in [-0.39, 0.29) is 0 Å². The molecule has 0 amide bonds. The van der Waals surface area contributed by atoms with E-state index in [1.165, 1.54) is 17.3 Å². The fraction of sp³-hybridized carbons (Fsp3) is 0.143. The molecule has 0 aliphatic rings. The Morgan fingerprint density at radius 2 is 2.27 bits per heavy atom. The summed E-state index contributed by atoms with van der Waals surface area (Å²) >= 11 is 1.25. The molecule has 0 bridgehead atoms. The van der Waals surface area contributed by atoms with E-state index in [0.717, 1.165) is 17.6 Å². The van der Waals surface area contributed by atoms with Gasteiger partial charge in [0.15, 0.2) is 0 Å². The first-order valence-electron chi connectivity index (χ1n) is 3.41. The maximum atomic E-state index is 4.18. The van der Waals surface area contributed by atoms with Gasteiger partial charge in [0.25, 0.3) is 0 Å². The van der Waals surface area contributed by atoms with Crippen molar-refractivity contribution in [2.24, 2.45) is 0 Å². The quantitative estimate of drug-likeness (QED) is 0.668. The summed E-state index contributed by atoms with van der Waals surface area (Å²) in [6, 6.07) is 6.00. The number of aromatic nitrogens is 2. The van der Waals surface area contributed by atoms with E-state index in [4.69, 9.17) is 0 Å². The van der Waals surface area contributed by atoms with Crippen LogP contribution in [0.5, 0.6) is 0 Å². The predicted molar refractivity (Wildman–Crippen MR) is 44.0 cm³/mol. The van der Waals surface area contributed by atoms with E-state index in [2.05, 4.69) is 14.5 Å². The molecule has 0 atom stereocenters. The Morgan fingerprint density at radius 3 is 3.09 bits per heavy atom. The van der Waals surface area contributed by atoms with Crippen molar-refractivity contribution in [3.63, 3.8) is 0 Å². The van der Waals surface area contributed by atoms with Crippen molar-refractivity contribution in [1.29, 1.82) is 0 Å². The number of nitrogens with zero attached hydrogens (tertiary/aromatic N) is 2. The van der Waals surface area contributed by atoms with E-state index in [1.807, 2.05) is 18.2 Å². The maximum absolute atomic E-state index is 4.18. The van der Waals surface area contributed by atoms with Gasteiger partial charge in [-0.2, -0.15) is 8.75 Å². The van der Waals surface area contributed by atoms with E-state index in [9.17, 15) is 0 Å². The van der Waals surface area contributed by atoms with Gasteiger partial charge in [-0.25, -0.2) is 0 Å². The number of rotatable bonds is 1. The SMILES string of the molecule is [NH3+]Cc1cccc2nsnc12. The lowest BCUT2D eigenvalue weighted by molar-refractivity contribution is -0.386. The van der Waals surface area contributed by atoms with Gasteiger partial charge in [-0.3, -0.25) is 0 Å². The Hall–Kier alpha value is -1.00. The van der Waals surface area contributed by atoms with Crippen molar-refractivity contribution >= 4 is 22.8 Å². The summed E-state index contributed by atoms with van der Waals surface area (Å²) in [5.74, 6) is 0. The average molecular weight is 166 g/mol. The molecule has 4 heteroatoms. The van der Waals surface area contributed by atoms with Gasteiger partial charge < -0.3 is 5.73 Å². The Bertz CT molecular complexity index is 368. The van der Waals surface area contributed by atoms with Crippen LogP contribution in [0.4, 0.5) is 0 Å².